The van der Waals surface area contributed by atoms with Crippen molar-refractivity contribution >= 4 is 10.9 Å². The standard InChI is InChI=1S/C12H14N2/c1-2-6-13-9-10-3-4-12-11(8-10)5-7-14-12/h2-5,7-8,13-14H,1,6,9H2. The van der Waals surface area contributed by atoms with Gasteiger partial charge in [-0.2, -0.15) is 0 Å². The summed E-state index contributed by atoms with van der Waals surface area (Å²) in [4.78, 5) is 3.18. The van der Waals surface area contributed by atoms with Crippen LogP contribution in [0.2, 0.25) is 0 Å². The van der Waals surface area contributed by atoms with Crippen LogP contribution in [0.15, 0.2) is 43.1 Å². The summed E-state index contributed by atoms with van der Waals surface area (Å²) in [5.74, 6) is 0. The molecule has 0 atom stereocenters. The molecular weight excluding hydrogens is 172 g/mol. The van der Waals surface area contributed by atoms with Crippen molar-refractivity contribution in [2.75, 3.05) is 6.54 Å². The van der Waals surface area contributed by atoms with Crippen LogP contribution in [0.3, 0.4) is 0 Å². The summed E-state index contributed by atoms with van der Waals surface area (Å²) < 4.78 is 0. The highest BCUT2D eigenvalue weighted by Gasteiger charge is 1.95. The third-order valence-corrected chi connectivity index (χ3v) is 2.24. The van der Waals surface area contributed by atoms with Crippen molar-refractivity contribution in [3.8, 4) is 0 Å². The molecule has 0 bridgehead atoms. The van der Waals surface area contributed by atoms with Crippen molar-refractivity contribution in [2.24, 2.45) is 0 Å². The molecule has 0 radical (unpaired) electrons. The topological polar surface area (TPSA) is 27.8 Å². The molecule has 2 N–H and O–H groups in total. The van der Waals surface area contributed by atoms with E-state index in [1.807, 2.05) is 12.3 Å². The number of aromatic amines is 1. The molecule has 0 aliphatic carbocycles. The molecule has 0 spiro atoms. The molecule has 0 saturated heterocycles. The molecule has 0 aliphatic rings. The second-order valence-corrected chi connectivity index (χ2v) is 3.32. The van der Waals surface area contributed by atoms with Crippen LogP contribution in [-0.4, -0.2) is 11.5 Å². The van der Waals surface area contributed by atoms with Crippen molar-refractivity contribution in [3.63, 3.8) is 0 Å². The Morgan fingerprint density at radius 1 is 1.36 bits per heavy atom. The van der Waals surface area contributed by atoms with E-state index < -0.39 is 0 Å². The van der Waals surface area contributed by atoms with Gasteiger partial charge in [0, 0.05) is 24.8 Å². The molecule has 0 saturated carbocycles. The number of hydrogen-bond acceptors (Lipinski definition) is 1. The van der Waals surface area contributed by atoms with Crippen LogP contribution < -0.4 is 5.32 Å². The lowest BCUT2D eigenvalue weighted by Gasteiger charge is -2.01. The average molecular weight is 186 g/mol. The number of fused-ring (bicyclic) bond motifs is 1. The monoisotopic (exact) mass is 186 g/mol. The quantitative estimate of drug-likeness (QED) is 0.557. The van der Waals surface area contributed by atoms with Crippen LogP contribution in [0.25, 0.3) is 10.9 Å². The average Bonchev–Trinajstić information content (AvgIpc) is 2.65. The predicted octanol–water partition coefficient (Wildman–Crippen LogP) is 2.44. The number of benzene rings is 1. The highest BCUT2D eigenvalue weighted by molar-refractivity contribution is 5.79. The SMILES string of the molecule is C=CCNCc1ccc2[nH]ccc2c1. The smallest absolute Gasteiger partial charge is 0.0454 e. The maximum absolute atomic E-state index is 3.67. The zero-order chi connectivity index (χ0) is 9.80. The summed E-state index contributed by atoms with van der Waals surface area (Å²) in [7, 11) is 0. The van der Waals surface area contributed by atoms with Gasteiger partial charge in [0.15, 0.2) is 0 Å². The van der Waals surface area contributed by atoms with Crippen molar-refractivity contribution in [1.29, 1.82) is 0 Å². The van der Waals surface area contributed by atoms with E-state index in [0.29, 0.717) is 0 Å². The fraction of sp³-hybridized carbons (Fsp3) is 0.167. The molecule has 1 heterocycles. The number of aromatic nitrogens is 1. The maximum Gasteiger partial charge on any atom is 0.0454 e. The van der Waals surface area contributed by atoms with Gasteiger partial charge in [0.25, 0.3) is 0 Å². The van der Waals surface area contributed by atoms with Crippen LogP contribution in [0.1, 0.15) is 5.56 Å². The number of H-pyrrole nitrogens is 1. The van der Waals surface area contributed by atoms with Gasteiger partial charge in [0.1, 0.15) is 0 Å². The first-order chi connectivity index (χ1) is 6.90. The van der Waals surface area contributed by atoms with Crippen LogP contribution in [0.4, 0.5) is 0 Å². The van der Waals surface area contributed by atoms with Crippen LogP contribution >= 0.6 is 0 Å². The molecule has 1 aromatic carbocycles. The largest absolute Gasteiger partial charge is 0.361 e. The van der Waals surface area contributed by atoms with Gasteiger partial charge in [-0.15, -0.1) is 6.58 Å². The van der Waals surface area contributed by atoms with Crippen molar-refractivity contribution in [3.05, 3.63) is 48.7 Å². The molecule has 2 rings (SSSR count). The lowest BCUT2D eigenvalue weighted by Crippen LogP contribution is -2.12. The highest BCUT2D eigenvalue weighted by Crippen LogP contribution is 2.13. The van der Waals surface area contributed by atoms with E-state index in [1.54, 1.807) is 0 Å². The molecule has 14 heavy (non-hydrogen) atoms. The number of nitrogens with one attached hydrogen (secondary N) is 2. The van der Waals surface area contributed by atoms with Gasteiger partial charge in [0.2, 0.25) is 0 Å². The van der Waals surface area contributed by atoms with Crippen molar-refractivity contribution in [1.82, 2.24) is 10.3 Å². The Kier molecular flexibility index (Phi) is 2.65. The first-order valence-electron chi connectivity index (χ1n) is 4.78. The zero-order valence-corrected chi connectivity index (χ0v) is 8.09. The maximum atomic E-state index is 3.67. The van der Waals surface area contributed by atoms with Gasteiger partial charge < -0.3 is 10.3 Å². The van der Waals surface area contributed by atoms with E-state index in [1.165, 1.54) is 16.5 Å². The molecule has 0 amide bonds. The molecule has 1 aromatic heterocycles. The lowest BCUT2D eigenvalue weighted by molar-refractivity contribution is 0.761. The summed E-state index contributed by atoms with van der Waals surface area (Å²) in [5.41, 5.74) is 2.50. The minimum atomic E-state index is 0.852. The molecule has 2 nitrogen and oxygen atoms in total. The van der Waals surface area contributed by atoms with E-state index in [-0.39, 0.29) is 0 Å². The molecule has 0 fully saturated rings. The van der Waals surface area contributed by atoms with Gasteiger partial charge in [-0.3, -0.25) is 0 Å². The van der Waals surface area contributed by atoms with Crippen molar-refractivity contribution < 1.29 is 0 Å². The van der Waals surface area contributed by atoms with Crippen molar-refractivity contribution in [2.45, 2.75) is 6.54 Å². The molecule has 0 unspecified atom stereocenters. The summed E-state index contributed by atoms with van der Waals surface area (Å²) >= 11 is 0. The minimum Gasteiger partial charge on any atom is -0.361 e. The van der Waals surface area contributed by atoms with Crippen LogP contribution in [-0.2, 0) is 6.54 Å². The van der Waals surface area contributed by atoms with Gasteiger partial charge in [-0.05, 0) is 29.1 Å². The summed E-state index contributed by atoms with van der Waals surface area (Å²) in [6.07, 6.45) is 3.83. The fourth-order valence-corrected chi connectivity index (χ4v) is 1.53. The summed E-state index contributed by atoms with van der Waals surface area (Å²) in [6.45, 7) is 5.41. The Morgan fingerprint density at radius 2 is 2.29 bits per heavy atom. The lowest BCUT2D eigenvalue weighted by atomic mass is 10.1. The van der Waals surface area contributed by atoms with Crippen LogP contribution in [0, 0.1) is 0 Å². The highest BCUT2D eigenvalue weighted by atomic mass is 14.8. The van der Waals surface area contributed by atoms with E-state index >= 15 is 0 Å². The van der Waals surface area contributed by atoms with Gasteiger partial charge in [0.05, 0.1) is 0 Å². The normalized spacial score (nSPS) is 10.6. The van der Waals surface area contributed by atoms with E-state index in [2.05, 4.69) is 41.1 Å². The summed E-state index contributed by atoms with van der Waals surface area (Å²) in [6, 6.07) is 8.53. The first kappa shape index (κ1) is 9.03. The van der Waals surface area contributed by atoms with E-state index in [0.717, 1.165) is 13.1 Å². The zero-order valence-electron chi connectivity index (χ0n) is 8.09. The Morgan fingerprint density at radius 3 is 3.14 bits per heavy atom. The molecule has 2 aromatic rings. The minimum absolute atomic E-state index is 0.852. The first-order valence-corrected chi connectivity index (χ1v) is 4.78. The molecular formula is C12H14N2. The van der Waals surface area contributed by atoms with Crippen LogP contribution in [0.5, 0.6) is 0 Å². The van der Waals surface area contributed by atoms with Gasteiger partial charge in [-0.1, -0.05) is 12.1 Å². The number of hydrogen-bond donors (Lipinski definition) is 2. The van der Waals surface area contributed by atoms with E-state index in [9.17, 15) is 0 Å². The molecule has 72 valence electrons. The predicted molar refractivity (Wildman–Crippen MR) is 60.2 cm³/mol. The van der Waals surface area contributed by atoms with Gasteiger partial charge in [-0.25, -0.2) is 0 Å². The third kappa shape index (κ3) is 1.86. The Labute approximate surface area is 83.6 Å². The number of rotatable bonds is 4. The third-order valence-electron chi connectivity index (χ3n) is 2.24. The second kappa shape index (κ2) is 4.11. The Hall–Kier alpha value is -1.54. The summed E-state index contributed by atoms with van der Waals surface area (Å²) in [5, 5.41) is 4.55. The van der Waals surface area contributed by atoms with E-state index in [4.69, 9.17) is 0 Å². The fourth-order valence-electron chi connectivity index (χ4n) is 1.53. The second-order valence-electron chi connectivity index (χ2n) is 3.32. The molecule has 2 heteroatoms. The van der Waals surface area contributed by atoms with Gasteiger partial charge >= 0.3 is 0 Å². The molecule has 0 aliphatic heterocycles. The Bertz CT molecular complexity index is 429. The Balaban J connectivity index is 2.13.